The van der Waals surface area contributed by atoms with Crippen LogP contribution in [0.1, 0.15) is 31.9 Å². The third-order valence-corrected chi connectivity index (χ3v) is 5.60. The third-order valence-electron chi connectivity index (χ3n) is 4.17. The van der Waals surface area contributed by atoms with Crippen molar-refractivity contribution in [1.82, 2.24) is 4.90 Å². The van der Waals surface area contributed by atoms with Crippen LogP contribution in [-0.4, -0.2) is 31.1 Å². The second kappa shape index (κ2) is 9.91. The molecule has 1 unspecified atom stereocenters. The molecule has 0 radical (unpaired) electrons. The van der Waals surface area contributed by atoms with Crippen LogP contribution in [0.25, 0.3) is 0 Å². The fourth-order valence-electron chi connectivity index (χ4n) is 2.84. The predicted molar refractivity (Wildman–Crippen MR) is 111 cm³/mol. The number of alkyl halides is 4. The Bertz CT molecular complexity index is 1020. The van der Waals surface area contributed by atoms with E-state index in [-0.39, 0.29) is 24.1 Å². The fourth-order valence-corrected chi connectivity index (χ4v) is 3.95. The number of rotatable bonds is 8. The van der Waals surface area contributed by atoms with Gasteiger partial charge in [-0.15, -0.1) is 11.6 Å². The molecule has 2 rings (SSSR count). The van der Waals surface area contributed by atoms with Gasteiger partial charge in [0.2, 0.25) is 5.91 Å². The summed E-state index contributed by atoms with van der Waals surface area (Å²) in [7, 11) is -4.49. The average molecular weight is 478 g/mol. The molecule has 0 aliphatic carbocycles. The van der Waals surface area contributed by atoms with Crippen LogP contribution in [0.2, 0.25) is 0 Å². The fraction of sp³-hybridized carbons (Fsp3) is 0.381. The van der Waals surface area contributed by atoms with Crippen LogP contribution in [-0.2, 0) is 27.6 Å². The Hall–Kier alpha value is -2.26. The van der Waals surface area contributed by atoms with Gasteiger partial charge in [0.05, 0.1) is 5.56 Å². The topological polar surface area (TPSA) is 63.7 Å². The summed E-state index contributed by atoms with van der Waals surface area (Å²) in [5.41, 5.74) is -0.507. The first-order valence-electron chi connectivity index (χ1n) is 9.43. The summed E-state index contributed by atoms with van der Waals surface area (Å²) >= 11 is 5.93. The minimum Gasteiger partial charge on any atom is -0.379 e. The first-order valence-corrected chi connectivity index (χ1v) is 11.3. The van der Waals surface area contributed by atoms with E-state index in [1.54, 1.807) is 17.9 Å². The molecule has 10 heteroatoms. The minimum atomic E-state index is -4.68. The van der Waals surface area contributed by atoms with Gasteiger partial charge in [-0.1, -0.05) is 32.0 Å². The molecule has 31 heavy (non-hydrogen) atoms. The van der Waals surface area contributed by atoms with E-state index >= 15 is 0 Å². The number of hydrogen-bond acceptors (Lipinski definition) is 4. The van der Waals surface area contributed by atoms with Gasteiger partial charge in [0.1, 0.15) is 16.0 Å². The molecule has 170 valence electrons. The molecule has 0 aromatic heterocycles. The number of amides is 1. The van der Waals surface area contributed by atoms with Crippen molar-refractivity contribution in [2.24, 2.45) is 5.92 Å². The van der Waals surface area contributed by atoms with Crippen molar-refractivity contribution in [3.63, 3.8) is 0 Å². The summed E-state index contributed by atoms with van der Waals surface area (Å²) in [6.45, 7) is 6.08. The highest BCUT2D eigenvalue weighted by Crippen LogP contribution is 2.31. The zero-order valence-electron chi connectivity index (χ0n) is 17.2. The number of carbonyl (C=O) groups is 1. The monoisotopic (exact) mass is 477 g/mol. The van der Waals surface area contributed by atoms with Crippen molar-refractivity contribution in [3.8, 4) is 5.75 Å². The Labute approximate surface area is 184 Å². The summed E-state index contributed by atoms with van der Waals surface area (Å²) in [5, 5.41) is -0.723. The quantitative estimate of drug-likeness (QED) is 0.392. The van der Waals surface area contributed by atoms with Gasteiger partial charge in [0.25, 0.3) is 0 Å². The second-order valence-corrected chi connectivity index (χ2v) is 9.64. The van der Waals surface area contributed by atoms with E-state index in [1.165, 1.54) is 18.2 Å². The molecule has 1 atom stereocenters. The Balaban J connectivity index is 2.26. The van der Waals surface area contributed by atoms with Crippen LogP contribution in [0.4, 0.5) is 13.2 Å². The lowest BCUT2D eigenvalue weighted by Gasteiger charge is -2.26. The number of carbonyl (C=O) groups excluding carboxylic acids is 1. The van der Waals surface area contributed by atoms with E-state index in [2.05, 4.69) is 0 Å². The van der Waals surface area contributed by atoms with Gasteiger partial charge in [-0.2, -0.15) is 21.6 Å². The van der Waals surface area contributed by atoms with Crippen molar-refractivity contribution < 1.29 is 30.6 Å². The van der Waals surface area contributed by atoms with Crippen molar-refractivity contribution >= 4 is 27.6 Å². The van der Waals surface area contributed by atoms with Crippen molar-refractivity contribution in [1.29, 1.82) is 0 Å². The average Bonchev–Trinajstić information content (AvgIpc) is 2.66. The molecule has 0 aliphatic rings. The van der Waals surface area contributed by atoms with E-state index in [4.69, 9.17) is 15.8 Å². The molecule has 5 nitrogen and oxygen atoms in total. The van der Waals surface area contributed by atoms with E-state index in [9.17, 15) is 26.4 Å². The van der Waals surface area contributed by atoms with Gasteiger partial charge in [-0.3, -0.25) is 4.79 Å². The number of hydrogen-bond donors (Lipinski definition) is 0. The molecule has 0 fully saturated rings. The van der Waals surface area contributed by atoms with Crippen LogP contribution < -0.4 is 4.18 Å². The molecular formula is C21H23ClF3NO4S. The first-order chi connectivity index (χ1) is 14.3. The molecule has 0 saturated carbocycles. The summed E-state index contributed by atoms with van der Waals surface area (Å²) in [4.78, 5) is 13.3. The van der Waals surface area contributed by atoms with Crippen molar-refractivity contribution in [2.45, 2.75) is 43.8 Å². The SMILES string of the molecule is CC(C)CN(Cc1cccc(OS(=O)(=O)c2cccc(C(F)(F)F)c2)c1)C(=O)C(C)Cl. The number of nitrogens with zero attached hydrogens (tertiary/aromatic N) is 1. The minimum absolute atomic E-state index is 0.0780. The highest BCUT2D eigenvalue weighted by atomic mass is 35.5. The van der Waals surface area contributed by atoms with E-state index in [1.807, 2.05) is 13.8 Å². The third kappa shape index (κ3) is 7.14. The maximum Gasteiger partial charge on any atom is 0.416 e. The molecular weight excluding hydrogens is 455 g/mol. The molecule has 1 amide bonds. The van der Waals surface area contributed by atoms with E-state index < -0.39 is 32.1 Å². The van der Waals surface area contributed by atoms with Gasteiger partial charge in [-0.05, 0) is 48.7 Å². The summed E-state index contributed by atoms with van der Waals surface area (Å²) < 4.78 is 68.7. The van der Waals surface area contributed by atoms with Gasteiger partial charge < -0.3 is 9.08 Å². The lowest BCUT2D eigenvalue weighted by Crippen LogP contribution is -2.37. The standard InChI is InChI=1S/C21H23ClF3NO4S/c1-14(2)12-26(20(27)15(3)22)13-16-6-4-8-18(10-16)30-31(28,29)19-9-5-7-17(11-19)21(23,24)25/h4-11,14-15H,12-13H2,1-3H3. The van der Waals surface area contributed by atoms with Crippen LogP contribution in [0.3, 0.4) is 0 Å². The summed E-state index contributed by atoms with van der Waals surface area (Å²) in [6, 6.07) is 9.33. The Morgan fingerprint density at radius 1 is 1.10 bits per heavy atom. The normalized spacial score (nSPS) is 13.2. The summed E-state index contributed by atoms with van der Waals surface area (Å²) in [6.07, 6.45) is -4.68. The van der Waals surface area contributed by atoms with E-state index in [0.29, 0.717) is 18.2 Å². The predicted octanol–water partition coefficient (Wildman–Crippen LogP) is 5.09. The van der Waals surface area contributed by atoms with Gasteiger partial charge in [0.15, 0.2) is 0 Å². The van der Waals surface area contributed by atoms with Crippen molar-refractivity contribution in [2.75, 3.05) is 6.54 Å². The molecule has 0 spiro atoms. The Kier molecular flexibility index (Phi) is 7.99. The van der Waals surface area contributed by atoms with E-state index in [0.717, 1.165) is 18.2 Å². The summed E-state index contributed by atoms with van der Waals surface area (Å²) in [5.74, 6) is -0.163. The molecule has 0 heterocycles. The Morgan fingerprint density at radius 2 is 1.74 bits per heavy atom. The van der Waals surface area contributed by atoms with Crippen molar-refractivity contribution in [3.05, 3.63) is 59.7 Å². The number of benzene rings is 2. The first kappa shape index (κ1) is 25.0. The van der Waals surface area contributed by atoms with Gasteiger partial charge in [-0.25, -0.2) is 0 Å². The zero-order valence-corrected chi connectivity index (χ0v) is 18.8. The van der Waals surface area contributed by atoms with Crippen LogP contribution in [0.5, 0.6) is 5.75 Å². The zero-order chi connectivity index (χ0) is 23.4. The van der Waals surface area contributed by atoms with Gasteiger partial charge in [0, 0.05) is 13.1 Å². The lowest BCUT2D eigenvalue weighted by molar-refractivity contribution is -0.137. The Morgan fingerprint density at radius 3 is 2.32 bits per heavy atom. The second-order valence-electron chi connectivity index (χ2n) is 7.44. The largest absolute Gasteiger partial charge is 0.416 e. The van der Waals surface area contributed by atoms with Crippen LogP contribution in [0, 0.1) is 5.92 Å². The maximum atomic E-state index is 12.9. The van der Waals surface area contributed by atoms with Gasteiger partial charge >= 0.3 is 16.3 Å². The molecule has 0 N–H and O–H groups in total. The van der Waals surface area contributed by atoms with Crippen LogP contribution in [0.15, 0.2) is 53.4 Å². The smallest absolute Gasteiger partial charge is 0.379 e. The molecule has 2 aromatic carbocycles. The highest BCUT2D eigenvalue weighted by Gasteiger charge is 2.32. The van der Waals surface area contributed by atoms with Crippen LogP contribution >= 0.6 is 11.6 Å². The highest BCUT2D eigenvalue weighted by molar-refractivity contribution is 7.87. The maximum absolute atomic E-state index is 12.9. The molecule has 0 bridgehead atoms. The lowest BCUT2D eigenvalue weighted by atomic mass is 10.1. The molecule has 0 aliphatic heterocycles. The number of halogens is 4. The molecule has 0 saturated heterocycles. The molecule has 2 aromatic rings.